The predicted octanol–water partition coefficient (Wildman–Crippen LogP) is 1.91. The van der Waals surface area contributed by atoms with Crippen molar-refractivity contribution < 1.29 is 14.3 Å². The highest BCUT2D eigenvalue weighted by Crippen LogP contribution is 2.09. The normalized spacial score (nSPS) is 9.30. The number of carboxylic acids is 1. The molecule has 1 rings (SSSR count). The molecule has 1 N–H and O–H groups in total. The van der Waals surface area contributed by atoms with Gasteiger partial charge in [-0.05, 0) is 6.07 Å². The zero-order chi connectivity index (χ0) is 7.56. The molecule has 1 heterocycles. The summed E-state index contributed by atoms with van der Waals surface area (Å²) in [6, 6.07) is 4.30. The zero-order valence-electron chi connectivity index (χ0n) is 4.87. The molecular formula is C6H4ClO3+. The minimum absolute atomic E-state index is 0.0694. The quantitative estimate of drug-likeness (QED) is 0.637. The van der Waals surface area contributed by atoms with E-state index in [-0.39, 0.29) is 11.0 Å². The third kappa shape index (κ3) is 1.45. The summed E-state index contributed by atoms with van der Waals surface area (Å²) in [5.41, 5.74) is 0. The first-order valence-electron chi connectivity index (χ1n) is 2.52. The van der Waals surface area contributed by atoms with Gasteiger partial charge in [0.15, 0.2) is 0 Å². The molecule has 0 aromatic carbocycles. The van der Waals surface area contributed by atoms with Crippen LogP contribution in [0.4, 0.5) is 0 Å². The molecule has 52 valence electrons. The maximum Gasteiger partial charge on any atom is 0.438 e. The minimum Gasteiger partial charge on any atom is -0.471 e. The standard InChI is InChI=1S/C6H3ClO3/c7-5-3-1-2-4(10-5)6(8)9/h1-3H/p+1. The zero-order valence-corrected chi connectivity index (χ0v) is 5.63. The van der Waals surface area contributed by atoms with Gasteiger partial charge in [0.25, 0.3) is 0 Å². The van der Waals surface area contributed by atoms with Crippen molar-refractivity contribution in [1.82, 2.24) is 0 Å². The topological polar surface area (TPSA) is 48.6 Å². The molecule has 0 amide bonds. The van der Waals surface area contributed by atoms with Crippen LogP contribution in [0.2, 0.25) is 5.22 Å². The molecular weight excluding hydrogens is 156 g/mol. The SMILES string of the molecule is O=C(O)c1cccc(Cl)[o+]1. The Morgan fingerprint density at radius 3 is 2.70 bits per heavy atom. The molecule has 0 saturated heterocycles. The lowest BCUT2D eigenvalue weighted by Gasteiger charge is -1.78. The Morgan fingerprint density at radius 1 is 1.60 bits per heavy atom. The summed E-state index contributed by atoms with van der Waals surface area (Å²) in [7, 11) is 0. The Kier molecular flexibility index (Phi) is 1.87. The highest BCUT2D eigenvalue weighted by atomic mass is 35.5. The van der Waals surface area contributed by atoms with Crippen LogP contribution in [0.15, 0.2) is 22.6 Å². The fourth-order valence-electron chi connectivity index (χ4n) is 0.499. The van der Waals surface area contributed by atoms with E-state index >= 15 is 0 Å². The molecule has 0 aliphatic carbocycles. The average Bonchev–Trinajstić information content (AvgIpc) is 1.88. The maximum absolute atomic E-state index is 10.2. The molecule has 0 atom stereocenters. The molecule has 0 unspecified atom stereocenters. The molecule has 0 aliphatic heterocycles. The van der Waals surface area contributed by atoms with Crippen molar-refractivity contribution >= 4 is 17.6 Å². The molecule has 10 heavy (non-hydrogen) atoms. The Hall–Kier alpha value is -1.09. The van der Waals surface area contributed by atoms with Gasteiger partial charge in [0.2, 0.25) is 0 Å². The van der Waals surface area contributed by atoms with Crippen LogP contribution in [0, 0.1) is 0 Å². The van der Waals surface area contributed by atoms with E-state index in [1.807, 2.05) is 0 Å². The van der Waals surface area contributed by atoms with Crippen LogP contribution in [0.5, 0.6) is 0 Å². The molecule has 0 fully saturated rings. The Balaban J connectivity index is 3.07. The minimum atomic E-state index is -1.12. The van der Waals surface area contributed by atoms with Gasteiger partial charge in [0.1, 0.15) is 0 Å². The second-order valence-electron chi connectivity index (χ2n) is 1.60. The fraction of sp³-hybridized carbons (Fsp3) is 0. The Labute approximate surface area is 61.9 Å². The largest absolute Gasteiger partial charge is 0.471 e. The van der Waals surface area contributed by atoms with Gasteiger partial charge in [-0.3, -0.25) is 0 Å². The summed E-state index contributed by atoms with van der Waals surface area (Å²) < 4.78 is 4.60. The van der Waals surface area contributed by atoms with E-state index in [1.54, 1.807) is 0 Å². The van der Waals surface area contributed by atoms with E-state index in [1.165, 1.54) is 18.2 Å². The lowest BCUT2D eigenvalue weighted by molar-refractivity contribution is 0.0660. The van der Waals surface area contributed by atoms with Gasteiger partial charge in [0.05, 0.1) is 12.1 Å². The van der Waals surface area contributed by atoms with Crippen LogP contribution >= 0.6 is 11.6 Å². The molecule has 4 heteroatoms. The van der Waals surface area contributed by atoms with E-state index < -0.39 is 5.97 Å². The molecule has 0 radical (unpaired) electrons. The van der Waals surface area contributed by atoms with E-state index in [0.29, 0.717) is 0 Å². The van der Waals surface area contributed by atoms with Crippen LogP contribution in [-0.2, 0) is 0 Å². The third-order valence-corrected chi connectivity index (χ3v) is 1.10. The highest BCUT2D eigenvalue weighted by Gasteiger charge is 2.17. The summed E-state index contributed by atoms with van der Waals surface area (Å²) >= 11 is 5.36. The maximum atomic E-state index is 10.2. The van der Waals surface area contributed by atoms with Crippen molar-refractivity contribution in [3.63, 3.8) is 0 Å². The second kappa shape index (κ2) is 2.66. The molecule has 0 aliphatic rings. The van der Waals surface area contributed by atoms with Crippen molar-refractivity contribution in [2.24, 2.45) is 0 Å². The van der Waals surface area contributed by atoms with Gasteiger partial charge < -0.3 is 5.11 Å². The molecule has 1 aromatic rings. The number of halogens is 1. The number of hydrogen-bond donors (Lipinski definition) is 1. The van der Waals surface area contributed by atoms with Gasteiger partial charge in [-0.1, -0.05) is 0 Å². The first-order chi connectivity index (χ1) is 4.70. The number of carboxylic acid groups (broad SMARTS) is 1. The van der Waals surface area contributed by atoms with Crippen molar-refractivity contribution in [3.8, 4) is 0 Å². The lowest BCUT2D eigenvalue weighted by atomic mass is 10.4. The van der Waals surface area contributed by atoms with Crippen LogP contribution in [0.25, 0.3) is 0 Å². The van der Waals surface area contributed by atoms with E-state index in [2.05, 4.69) is 4.42 Å². The first-order valence-corrected chi connectivity index (χ1v) is 2.90. The highest BCUT2D eigenvalue weighted by molar-refractivity contribution is 6.28. The van der Waals surface area contributed by atoms with Crippen LogP contribution in [0.1, 0.15) is 10.6 Å². The molecule has 1 aromatic heterocycles. The van der Waals surface area contributed by atoms with Gasteiger partial charge in [-0.15, -0.1) is 0 Å². The molecule has 0 saturated carbocycles. The summed E-state index contributed by atoms with van der Waals surface area (Å²) in [4.78, 5) is 10.2. The molecule has 3 nitrogen and oxygen atoms in total. The molecule has 0 bridgehead atoms. The number of aromatic carboxylic acids is 1. The summed E-state index contributed by atoms with van der Waals surface area (Å²) in [6.45, 7) is 0. The van der Waals surface area contributed by atoms with Crippen molar-refractivity contribution in [3.05, 3.63) is 29.2 Å². The van der Waals surface area contributed by atoms with E-state index in [0.717, 1.165) is 0 Å². The van der Waals surface area contributed by atoms with Crippen molar-refractivity contribution in [2.75, 3.05) is 0 Å². The van der Waals surface area contributed by atoms with Gasteiger partial charge in [-0.2, -0.15) is 4.42 Å². The number of hydrogen-bond acceptors (Lipinski definition) is 1. The van der Waals surface area contributed by atoms with Gasteiger partial charge in [-0.25, -0.2) is 4.79 Å². The van der Waals surface area contributed by atoms with E-state index in [9.17, 15) is 4.79 Å². The summed E-state index contributed by atoms with van der Waals surface area (Å²) in [5, 5.41) is 8.43. The molecule has 0 spiro atoms. The van der Waals surface area contributed by atoms with Crippen LogP contribution in [0.3, 0.4) is 0 Å². The summed E-state index contributed by atoms with van der Waals surface area (Å²) in [6.07, 6.45) is 0. The number of carbonyl (C=O) groups is 1. The van der Waals surface area contributed by atoms with Gasteiger partial charge in [0, 0.05) is 11.6 Å². The third-order valence-electron chi connectivity index (χ3n) is 0.893. The smallest absolute Gasteiger partial charge is 0.438 e. The van der Waals surface area contributed by atoms with Crippen LogP contribution < -0.4 is 0 Å². The average molecular weight is 160 g/mol. The summed E-state index contributed by atoms with van der Waals surface area (Å²) in [5.74, 6) is -1.28. The Morgan fingerprint density at radius 2 is 2.30 bits per heavy atom. The monoisotopic (exact) mass is 159 g/mol. The van der Waals surface area contributed by atoms with Crippen molar-refractivity contribution in [1.29, 1.82) is 0 Å². The Bertz CT molecular complexity index is 259. The van der Waals surface area contributed by atoms with Crippen molar-refractivity contribution in [2.45, 2.75) is 0 Å². The first kappa shape index (κ1) is 7.02. The predicted molar refractivity (Wildman–Crippen MR) is 35.1 cm³/mol. The van der Waals surface area contributed by atoms with Crippen LogP contribution in [-0.4, -0.2) is 11.1 Å². The fourth-order valence-corrected chi connectivity index (χ4v) is 0.655. The van der Waals surface area contributed by atoms with E-state index in [4.69, 9.17) is 16.7 Å². The lowest BCUT2D eigenvalue weighted by Crippen LogP contribution is -1.94. The number of rotatable bonds is 1. The van der Waals surface area contributed by atoms with Gasteiger partial charge >= 0.3 is 16.9 Å². The second-order valence-corrected chi connectivity index (χ2v) is 1.97.